The summed E-state index contributed by atoms with van der Waals surface area (Å²) in [7, 11) is 0. The van der Waals surface area contributed by atoms with Crippen molar-refractivity contribution in [1.29, 1.82) is 0 Å². The quantitative estimate of drug-likeness (QED) is 0.0346. The lowest BCUT2D eigenvalue weighted by atomic mass is 9.99. The molecule has 52 heavy (non-hydrogen) atoms. The highest BCUT2D eigenvalue weighted by Crippen LogP contribution is 2.36. The van der Waals surface area contributed by atoms with Crippen molar-refractivity contribution >= 4 is 0 Å². The molecule has 1 aliphatic heterocycles. The molecule has 1 aliphatic rings. The van der Waals surface area contributed by atoms with Crippen LogP contribution >= 0.6 is 0 Å². The summed E-state index contributed by atoms with van der Waals surface area (Å²) in [5.74, 6) is 0. The van der Waals surface area contributed by atoms with E-state index < -0.39 is 0 Å². The van der Waals surface area contributed by atoms with Gasteiger partial charge in [-0.1, -0.05) is 269 Å². The van der Waals surface area contributed by atoms with Gasteiger partial charge in [-0.2, -0.15) is 0 Å². The van der Waals surface area contributed by atoms with Crippen LogP contribution in [0.3, 0.4) is 0 Å². The van der Waals surface area contributed by atoms with Crippen molar-refractivity contribution in [3.05, 3.63) is 24.3 Å². The SMILES string of the molecule is CCCCCCCCCCCCCCCCCCCCCC=CCCC1(CC=CCCCCCCCCCCCCCCCCCCCCC)CO1. The number of rotatable bonds is 45. The molecule has 1 unspecified atom stereocenters. The molecule has 0 amide bonds. The Bertz CT molecular complexity index is 717. The zero-order chi connectivity index (χ0) is 37.1. The van der Waals surface area contributed by atoms with Crippen LogP contribution in [-0.2, 0) is 4.74 Å². The topological polar surface area (TPSA) is 12.5 Å². The molecule has 1 atom stereocenters. The largest absolute Gasteiger partial charge is 0.369 e. The van der Waals surface area contributed by atoms with Crippen LogP contribution in [0.1, 0.15) is 290 Å². The monoisotopic (exact) mass is 727 g/mol. The number of hydrogen-bond donors (Lipinski definition) is 0. The second kappa shape index (κ2) is 41.6. The molecule has 0 bridgehead atoms. The molecule has 308 valence electrons. The molecule has 0 aromatic heterocycles. The van der Waals surface area contributed by atoms with E-state index in [1.54, 1.807) is 0 Å². The van der Waals surface area contributed by atoms with E-state index in [-0.39, 0.29) is 5.60 Å². The van der Waals surface area contributed by atoms with Crippen molar-refractivity contribution in [2.24, 2.45) is 0 Å². The van der Waals surface area contributed by atoms with E-state index in [2.05, 4.69) is 38.2 Å². The summed E-state index contributed by atoms with van der Waals surface area (Å²) >= 11 is 0. The number of hydrogen-bond acceptors (Lipinski definition) is 1. The van der Waals surface area contributed by atoms with E-state index in [4.69, 9.17) is 4.74 Å². The molecule has 1 fully saturated rings. The van der Waals surface area contributed by atoms with Crippen LogP contribution in [0.15, 0.2) is 24.3 Å². The van der Waals surface area contributed by atoms with Gasteiger partial charge in [0.1, 0.15) is 0 Å². The smallest absolute Gasteiger partial charge is 0.0953 e. The maximum Gasteiger partial charge on any atom is 0.0953 e. The highest BCUT2D eigenvalue weighted by atomic mass is 16.6. The highest BCUT2D eigenvalue weighted by Gasteiger charge is 2.42. The summed E-state index contributed by atoms with van der Waals surface area (Å²) in [6.07, 6.45) is 71.1. The lowest BCUT2D eigenvalue weighted by Gasteiger charge is -2.07. The van der Waals surface area contributed by atoms with Gasteiger partial charge in [0.15, 0.2) is 0 Å². The van der Waals surface area contributed by atoms with Gasteiger partial charge in [0.25, 0.3) is 0 Å². The summed E-state index contributed by atoms with van der Waals surface area (Å²) in [6.45, 7) is 5.59. The predicted molar refractivity (Wildman–Crippen MR) is 237 cm³/mol. The third-order valence-electron chi connectivity index (χ3n) is 12.1. The van der Waals surface area contributed by atoms with Gasteiger partial charge in [0, 0.05) is 0 Å². The fourth-order valence-corrected chi connectivity index (χ4v) is 8.15. The van der Waals surface area contributed by atoms with Crippen molar-refractivity contribution in [3.63, 3.8) is 0 Å². The minimum absolute atomic E-state index is 0.182. The number of ether oxygens (including phenoxy) is 1. The fraction of sp³-hybridized carbons (Fsp3) is 0.922. The van der Waals surface area contributed by atoms with Gasteiger partial charge >= 0.3 is 0 Å². The molecule has 0 aliphatic carbocycles. The first kappa shape index (κ1) is 49.5. The molecule has 0 radical (unpaired) electrons. The van der Waals surface area contributed by atoms with Gasteiger partial charge < -0.3 is 4.74 Å². The summed E-state index contributed by atoms with van der Waals surface area (Å²) in [4.78, 5) is 0. The molecular formula is C51H98O. The van der Waals surface area contributed by atoms with Gasteiger partial charge in [0.05, 0.1) is 12.2 Å². The Balaban J connectivity index is 1.74. The van der Waals surface area contributed by atoms with Crippen LogP contribution in [-0.4, -0.2) is 12.2 Å². The number of unbranched alkanes of at least 4 members (excludes halogenated alkanes) is 38. The van der Waals surface area contributed by atoms with E-state index in [1.807, 2.05) is 0 Å². The number of epoxide rings is 1. The first-order valence-corrected chi connectivity index (χ1v) is 24.8. The van der Waals surface area contributed by atoms with Gasteiger partial charge in [-0.3, -0.25) is 0 Å². The zero-order valence-electron chi connectivity index (χ0n) is 36.3. The third kappa shape index (κ3) is 37.7. The summed E-state index contributed by atoms with van der Waals surface area (Å²) < 4.78 is 5.91. The van der Waals surface area contributed by atoms with Crippen molar-refractivity contribution in [1.82, 2.24) is 0 Å². The van der Waals surface area contributed by atoms with E-state index in [9.17, 15) is 0 Å². The molecule has 1 heteroatoms. The molecule has 1 saturated heterocycles. The third-order valence-corrected chi connectivity index (χ3v) is 12.1. The van der Waals surface area contributed by atoms with Gasteiger partial charge in [0.2, 0.25) is 0 Å². The summed E-state index contributed by atoms with van der Waals surface area (Å²) in [5.41, 5.74) is 0.182. The molecule has 0 aromatic rings. The van der Waals surface area contributed by atoms with E-state index in [1.165, 1.54) is 270 Å². The first-order valence-electron chi connectivity index (χ1n) is 24.8. The maximum atomic E-state index is 5.91. The van der Waals surface area contributed by atoms with Gasteiger partial charge in [-0.05, 0) is 44.9 Å². The Hall–Kier alpha value is -0.560. The standard InChI is InChI=1S/C51H98O/c1-3-5-7-9-11-13-15-17-19-21-23-25-27-29-31-33-35-37-39-41-43-45-47-49-51(50-52-51)48-46-44-42-40-38-36-34-32-30-28-26-24-22-20-18-16-14-12-10-8-6-4-2/h43-46H,3-42,47-50H2,1-2H3. The first-order chi connectivity index (χ1) is 25.8. The minimum atomic E-state index is 0.182. The van der Waals surface area contributed by atoms with Crippen molar-refractivity contribution < 1.29 is 4.74 Å². The van der Waals surface area contributed by atoms with Gasteiger partial charge in [-0.15, -0.1) is 0 Å². The predicted octanol–water partition coefficient (Wildman–Crippen LogP) is 18.7. The fourth-order valence-electron chi connectivity index (χ4n) is 8.15. The highest BCUT2D eigenvalue weighted by molar-refractivity contribution is 5.01. The maximum absolute atomic E-state index is 5.91. The minimum Gasteiger partial charge on any atom is -0.369 e. The Morgan fingerprint density at radius 1 is 0.308 bits per heavy atom. The molecular weight excluding hydrogens is 629 g/mol. The zero-order valence-corrected chi connectivity index (χ0v) is 36.3. The van der Waals surface area contributed by atoms with Crippen molar-refractivity contribution in [2.75, 3.05) is 6.61 Å². The van der Waals surface area contributed by atoms with Crippen LogP contribution in [0.5, 0.6) is 0 Å². The van der Waals surface area contributed by atoms with E-state index in [0.717, 1.165) is 13.0 Å². The molecule has 1 heterocycles. The van der Waals surface area contributed by atoms with Crippen LogP contribution < -0.4 is 0 Å². The van der Waals surface area contributed by atoms with Crippen LogP contribution in [0.2, 0.25) is 0 Å². The van der Waals surface area contributed by atoms with Crippen molar-refractivity contribution in [3.8, 4) is 0 Å². The number of allylic oxidation sites excluding steroid dienone is 3. The Kier molecular flexibility index (Phi) is 39.6. The van der Waals surface area contributed by atoms with Crippen LogP contribution in [0.25, 0.3) is 0 Å². The average Bonchev–Trinajstić information content (AvgIpc) is 3.93. The molecule has 0 saturated carbocycles. The van der Waals surface area contributed by atoms with Crippen molar-refractivity contribution in [2.45, 2.75) is 296 Å². The second-order valence-corrected chi connectivity index (χ2v) is 17.5. The summed E-state index contributed by atoms with van der Waals surface area (Å²) in [6, 6.07) is 0. The summed E-state index contributed by atoms with van der Waals surface area (Å²) in [5, 5.41) is 0. The van der Waals surface area contributed by atoms with Crippen LogP contribution in [0.4, 0.5) is 0 Å². The molecule has 1 nitrogen and oxygen atoms in total. The van der Waals surface area contributed by atoms with Gasteiger partial charge in [-0.25, -0.2) is 0 Å². The Morgan fingerprint density at radius 2 is 0.538 bits per heavy atom. The lowest BCUT2D eigenvalue weighted by Crippen LogP contribution is -2.08. The Labute approximate surface area is 330 Å². The molecule has 0 aromatic carbocycles. The molecule has 1 rings (SSSR count). The average molecular weight is 727 g/mol. The Morgan fingerprint density at radius 3 is 0.808 bits per heavy atom. The van der Waals surface area contributed by atoms with Crippen LogP contribution in [0, 0.1) is 0 Å². The normalized spacial score (nSPS) is 15.9. The molecule has 0 N–H and O–H groups in total. The second-order valence-electron chi connectivity index (χ2n) is 17.5. The molecule has 0 spiro atoms. The van der Waals surface area contributed by atoms with E-state index in [0.29, 0.717) is 0 Å². The van der Waals surface area contributed by atoms with E-state index >= 15 is 0 Å². The lowest BCUT2D eigenvalue weighted by molar-refractivity contribution is 0.291.